The van der Waals surface area contributed by atoms with Crippen molar-refractivity contribution >= 4 is 43.5 Å². The molecule has 0 aliphatic rings. The summed E-state index contributed by atoms with van der Waals surface area (Å²) in [5.74, 6) is -0.538. The second-order valence-corrected chi connectivity index (χ2v) is 5.79. The molecular formula is C12H14Br2N2O5. The van der Waals surface area contributed by atoms with Crippen molar-refractivity contribution in [2.45, 2.75) is 19.4 Å². The van der Waals surface area contributed by atoms with Gasteiger partial charge in [0.1, 0.15) is 11.8 Å². The van der Waals surface area contributed by atoms with Crippen molar-refractivity contribution < 1.29 is 19.6 Å². The van der Waals surface area contributed by atoms with Crippen LogP contribution in [0.3, 0.4) is 0 Å². The molecule has 0 radical (unpaired) electrons. The highest BCUT2D eigenvalue weighted by Gasteiger charge is 2.18. The van der Waals surface area contributed by atoms with E-state index in [2.05, 4.69) is 37.2 Å². The maximum Gasteiger partial charge on any atom is 0.320 e. The summed E-state index contributed by atoms with van der Waals surface area (Å²) in [6.07, 6.45) is 0.277. The van der Waals surface area contributed by atoms with Crippen LogP contribution in [0.15, 0.2) is 21.1 Å². The molecule has 2 N–H and O–H groups in total. The number of nitro benzene ring substituents is 1. The van der Waals surface area contributed by atoms with Crippen LogP contribution in [0.5, 0.6) is 5.75 Å². The first kappa shape index (κ1) is 17.9. The maximum atomic E-state index is 11.0. The van der Waals surface area contributed by atoms with Gasteiger partial charge < -0.3 is 15.2 Å². The molecule has 0 bridgehead atoms. The number of benzene rings is 1. The van der Waals surface area contributed by atoms with Gasteiger partial charge in [0, 0.05) is 18.6 Å². The van der Waals surface area contributed by atoms with Crippen molar-refractivity contribution in [2.75, 3.05) is 13.2 Å². The Bertz CT molecular complexity index is 515. The Labute approximate surface area is 138 Å². The number of ether oxygens (including phenoxy) is 1. The quantitative estimate of drug-likeness (QED) is 0.490. The van der Waals surface area contributed by atoms with Crippen LogP contribution >= 0.6 is 31.9 Å². The molecule has 7 nitrogen and oxygen atoms in total. The van der Waals surface area contributed by atoms with Gasteiger partial charge in [0.25, 0.3) is 5.69 Å². The minimum atomic E-state index is -0.942. The van der Waals surface area contributed by atoms with Gasteiger partial charge in [-0.25, -0.2) is 0 Å². The second kappa shape index (κ2) is 8.30. The van der Waals surface area contributed by atoms with Crippen LogP contribution in [-0.4, -0.2) is 35.2 Å². The number of carboxylic acids is 1. The highest BCUT2D eigenvalue weighted by atomic mass is 79.9. The van der Waals surface area contributed by atoms with Crippen molar-refractivity contribution in [2.24, 2.45) is 0 Å². The van der Waals surface area contributed by atoms with Crippen LogP contribution in [-0.2, 0) is 4.79 Å². The largest absolute Gasteiger partial charge is 0.491 e. The van der Waals surface area contributed by atoms with E-state index < -0.39 is 16.9 Å². The van der Waals surface area contributed by atoms with Gasteiger partial charge in [0.05, 0.1) is 20.5 Å². The molecule has 1 rings (SSSR count). The van der Waals surface area contributed by atoms with E-state index in [1.807, 2.05) is 6.92 Å². The highest BCUT2D eigenvalue weighted by molar-refractivity contribution is 9.11. The topological polar surface area (TPSA) is 102 Å². The minimum absolute atomic E-state index is 0.0721. The highest BCUT2D eigenvalue weighted by Crippen LogP contribution is 2.37. The lowest BCUT2D eigenvalue weighted by Gasteiger charge is -2.15. The molecule has 0 saturated heterocycles. The molecule has 0 aromatic heterocycles. The third-order valence-corrected chi connectivity index (χ3v) is 3.77. The van der Waals surface area contributed by atoms with Crippen LogP contribution in [0, 0.1) is 10.1 Å². The zero-order valence-corrected chi connectivity index (χ0v) is 14.3. The molecule has 0 fully saturated rings. The van der Waals surface area contributed by atoms with Crippen molar-refractivity contribution in [1.29, 1.82) is 0 Å². The fourth-order valence-electron chi connectivity index (χ4n) is 1.63. The smallest absolute Gasteiger partial charge is 0.320 e. The number of likely N-dealkylation sites (N-methyl/N-ethyl adjacent to an activating group) is 1. The van der Waals surface area contributed by atoms with Gasteiger partial charge >= 0.3 is 5.97 Å². The number of carbonyl (C=O) groups is 1. The lowest BCUT2D eigenvalue weighted by Crippen LogP contribution is -2.37. The average molecular weight is 426 g/mol. The lowest BCUT2D eigenvalue weighted by molar-refractivity contribution is -0.385. The third-order valence-electron chi connectivity index (χ3n) is 2.60. The van der Waals surface area contributed by atoms with Crippen molar-refractivity contribution in [3.63, 3.8) is 0 Å². The van der Waals surface area contributed by atoms with Gasteiger partial charge in [-0.3, -0.25) is 14.9 Å². The number of nitro groups is 1. The van der Waals surface area contributed by atoms with Crippen molar-refractivity contribution in [1.82, 2.24) is 5.32 Å². The van der Waals surface area contributed by atoms with Crippen LogP contribution in [0.1, 0.15) is 13.3 Å². The Hall–Kier alpha value is -1.19. The van der Waals surface area contributed by atoms with Crippen LogP contribution in [0.2, 0.25) is 0 Å². The van der Waals surface area contributed by atoms with Gasteiger partial charge in [0.15, 0.2) is 0 Å². The van der Waals surface area contributed by atoms with Crippen LogP contribution in [0.4, 0.5) is 5.69 Å². The first-order chi connectivity index (χ1) is 9.86. The average Bonchev–Trinajstić information content (AvgIpc) is 2.39. The molecule has 0 spiro atoms. The molecule has 0 saturated carbocycles. The summed E-state index contributed by atoms with van der Waals surface area (Å²) >= 11 is 6.40. The predicted octanol–water partition coefficient (Wildman–Crippen LogP) is 2.95. The predicted molar refractivity (Wildman–Crippen MR) is 83.7 cm³/mol. The number of non-ortho nitro benzene ring substituents is 1. The van der Waals surface area contributed by atoms with E-state index >= 15 is 0 Å². The Balaban J connectivity index is 2.71. The summed E-state index contributed by atoms with van der Waals surface area (Å²) in [6.45, 7) is 2.53. The van der Waals surface area contributed by atoms with Crippen molar-refractivity contribution in [3.8, 4) is 5.75 Å². The number of carboxylic acid groups (broad SMARTS) is 1. The molecule has 1 aromatic carbocycles. The van der Waals surface area contributed by atoms with Crippen LogP contribution in [0.25, 0.3) is 0 Å². The van der Waals surface area contributed by atoms with Gasteiger partial charge in [-0.1, -0.05) is 6.92 Å². The molecule has 1 unspecified atom stereocenters. The van der Waals surface area contributed by atoms with E-state index in [1.165, 1.54) is 12.1 Å². The Morgan fingerprint density at radius 1 is 1.48 bits per heavy atom. The van der Waals surface area contributed by atoms with E-state index in [0.29, 0.717) is 21.2 Å². The molecule has 0 aliphatic heterocycles. The first-order valence-electron chi connectivity index (χ1n) is 6.09. The molecular weight excluding hydrogens is 412 g/mol. The normalized spacial score (nSPS) is 12.0. The molecule has 116 valence electrons. The fraction of sp³-hybridized carbons (Fsp3) is 0.417. The van der Waals surface area contributed by atoms with E-state index in [0.717, 1.165) is 0 Å². The maximum absolute atomic E-state index is 11.0. The number of halogens is 2. The third kappa shape index (κ3) is 5.25. The summed E-state index contributed by atoms with van der Waals surface area (Å²) in [6, 6.07) is 1.98. The fourth-order valence-corrected chi connectivity index (χ4v) is 3.02. The SMILES string of the molecule is CCNC(CCOc1c(Br)cc([N+](=O)[O-])cc1Br)C(=O)O. The number of hydrogen-bond donors (Lipinski definition) is 2. The Kier molecular flexibility index (Phi) is 7.06. The molecule has 21 heavy (non-hydrogen) atoms. The van der Waals surface area contributed by atoms with E-state index in [4.69, 9.17) is 9.84 Å². The molecule has 0 aliphatic carbocycles. The van der Waals surface area contributed by atoms with Gasteiger partial charge in [-0.15, -0.1) is 0 Å². The number of aliphatic carboxylic acids is 1. The minimum Gasteiger partial charge on any atom is -0.491 e. The first-order valence-corrected chi connectivity index (χ1v) is 7.67. The zero-order chi connectivity index (χ0) is 16.0. The van der Waals surface area contributed by atoms with E-state index in [1.54, 1.807) is 0 Å². The summed E-state index contributed by atoms with van der Waals surface area (Å²) in [4.78, 5) is 21.2. The molecule has 9 heteroatoms. The number of hydrogen-bond acceptors (Lipinski definition) is 5. The summed E-state index contributed by atoms with van der Waals surface area (Å²) in [5.41, 5.74) is -0.0721. The van der Waals surface area contributed by atoms with Crippen LogP contribution < -0.4 is 10.1 Å². The van der Waals surface area contributed by atoms with Gasteiger partial charge in [-0.05, 0) is 38.4 Å². The lowest BCUT2D eigenvalue weighted by atomic mass is 10.2. The molecule has 0 heterocycles. The molecule has 1 aromatic rings. The summed E-state index contributed by atoms with van der Waals surface area (Å²) < 4.78 is 6.37. The van der Waals surface area contributed by atoms with E-state index in [-0.39, 0.29) is 18.7 Å². The number of nitrogens with zero attached hydrogens (tertiary/aromatic N) is 1. The van der Waals surface area contributed by atoms with Crippen molar-refractivity contribution in [3.05, 3.63) is 31.2 Å². The van der Waals surface area contributed by atoms with Gasteiger partial charge in [-0.2, -0.15) is 0 Å². The monoisotopic (exact) mass is 424 g/mol. The summed E-state index contributed by atoms with van der Waals surface area (Å²) in [7, 11) is 0. The van der Waals surface area contributed by atoms with Gasteiger partial charge in [0.2, 0.25) is 0 Å². The molecule has 0 amide bonds. The Morgan fingerprint density at radius 3 is 2.48 bits per heavy atom. The second-order valence-electron chi connectivity index (χ2n) is 4.08. The number of nitrogens with one attached hydrogen (secondary N) is 1. The number of rotatable bonds is 8. The Morgan fingerprint density at radius 2 is 2.05 bits per heavy atom. The summed E-state index contributed by atoms with van der Waals surface area (Å²) in [5, 5.41) is 22.5. The standard InChI is InChI=1S/C12H14Br2N2O5/c1-2-15-10(12(17)18)3-4-21-11-8(13)5-7(16(19)20)6-9(11)14/h5-6,10,15H,2-4H2,1H3,(H,17,18). The van der Waals surface area contributed by atoms with E-state index in [9.17, 15) is 14.9 Å². The molecule has 1 atom stereocenters. The zero-order valence-electron chi connectivity index (χ0n) is 11.1.